The van der Waals surface area contributed by atoms with E-state index in [9.17, 15) is 5.11 Å². The van der Waals surface area contributed by atoms with Gasteiger partial charge in [0.1, 0.15) is 6.26 Å². The molecule has 0 bridgehead atoms. The molecule has 0 saturated carbocycles. The predicted molar refractivity (Wildman–Crippen MR) is 170 cm³/mol. The number of hydrogen-bond acceptors (Lipinski definition) is 4. The van der Waals surface area contributed by atoms with E-state index < -0.39 is 0 Å². The molecule has 2 heterocycles. The van der Waals surface area contributed by atoms with Crippen molar-refractivity contribution in [2.75, 3.05) is 0 Å². The van der Waals surface area contributed by atoms with E-state index in [1.807, 2.05) is 41.8 Å². The third kappa shape index (κ3) is 3.84. The number of thiophene rings is 1. The Kier molecular flexibility index (Phi) is 6.00. The summed E-state index contributed by atoms with van der Waals surface area (Å²) in [6.07, 6.45) is 7.23. The van der Waals surface area contributed by atoms with Crippen molar-refractivity contribution < 1.29 is 9.84 Å². The first-order valence-electron chi connectivity index (χ1n) is 13.3. The van der Waals surface area contributed by atoms with E-state index in [1.165, 1.54) is 25.6 Å². The summed E-state index contributed by atoms with van der Waals surface area (Å²) in [5.74, 6) is 0. The minimum Gasteiger partial charge on any atom is -0.473 e. The van der Waals surface area contributed by atoms with Crippen LogP contribution in [0.2, 0.25) is 0 Å². The second-order valence-electron chi connectivity index (χ2n) is 9.94. The quantitative estimate of drug-likeness (QED) is 0.222. The molecule has 1 atom stereocenters. The van der Waals surface area contributed by atoms with Crippen LogP contribution in [0.4, 0.5) is 0 Å². The summed E-state index contributed by atoms with van der Waals surface area (Å²) in [6, 6.07) is 30.0. The Balaban J connectivity index is 1.58. The summed E-state index contributed by atoms with van der Waals surface area (Å²) in [4.78, 5) is 0. The zero-order valence-electron chi connectivity index (χ0n) is 21.9. The van der Waals surface area contributed by atoms with Gasteiger partial charge in [-0.25, -0.2) is 0 Å². The molecular weight excluding hydrogens is 510 g/mol. The number of hydrogen-bond donors (Lipinski definition) is 2. The van der Waals surface area contributed by atoms with Crippen LogP contribution in [0.25, 0.3) is 65.4 Å². The fourth-order valence-electron chi connectivity index (χ4n) is 5.85. The number of rotatable bonds is 6. The maximum absolute atomic E-state index is 9.66. The molecule has 1 aromatic heterocycles. The lowest BCUT2D eigenvalue weighted by Crippen LogP contribution is -2.10. The lowest BCUT2D eigenvalue weighted by Gasteiger charge is -2.21. The largest absolute Gasteiger partial charge is 0.473 e. The summed E-state index contributed by atoms with van der Waals surface area (Å²) in [5.41, 5.74) is 8.50. The number of aliphatic hydroxyl groups excluding tert-OH is 1. The molecule has 0 spiro atoms. The van der Waals surface area contributed by atoms with Gasteiger partial charge in [0.15, 0.2) is 6.23 Å². The average molecular weight is 538 g/mol. The van der Waals surface area contributed by atoms with E-state index in [0.717, 1.165) is 49.9 Å². The van der Waals surface area contributed by atoms with Gasteiger partial charge in [-0.1, -0.05) is 92.0 Å². The molecule has 0 radical (unpaired) electrons. The number of aliphatic hydroxyl groups is 1. The highest BCUT2D eigenvalue weighted by molar-refractivity contribution is 7.25. The summed E-state index contributed by atoms with van der Waals surface area (Å²) >= 11 is 1.82. The second-order valence-corrected chi connectivity index (χ2v) is 11.0. The fraction of sp³-hybridized carbons (Fsp3) is 0.0556. The first-order chi connectivity index (χ1) is 19.7. The monoisotopic (exact) mass is 537 g/mol. The van der Waals surface area contributed by atoms with E-state index in [2.05, 4.69) is 91.3 Å². The molecule has 7 rings (SSSR count). The molecule has 3 nitrogen and oxygen atoms in total. The SMILES string of the molecule is C=Cc1c(C=C)c(-c2ccc(CO)cc2)c2cc3c(cc2c1-c1ccc(C2NC=CO2)cc1)sc1ccccc13. The highest BCUT2D eigenvalue weighted by Crippen LogP contribution is 2.47. The molecule has 6 aromatic rings. The van der Waals surface area contributed by atoms with Crippen LogP contribution in [-0.4, -0.2) is 5.11 Å². The Bertz CT molecular complexity index is 1960. The molecular formula is C36H27NO2S. The van der Waals surface area contributed by atoms with Crippen molar-refractivity contribution in [1.82, 2.24) is 5.32 Å². The van der Waals surface area contributed by atoms with Gasteiger partial charge in [-0.15, -0.1) is 11.3 Å². The van der Waals surface area contributed by atoms with Crippen molar-refractivity contribution in [1.29, 1.82) is 0 Å². The Morgan fingerprint density at radius 1 is 0.750 bits per heavy atom. The van der Waals surface area contributed by atoms with Gasteiger partial charge in [-0.05, 0) is 67.9 Å². The Morgan fingerprint density at radius 3 is 2.02 bits per heavy atom. The third-order valence-corrected chi connectivity index (χ3v) is 8.88. The van der Waals surface area contributed by atoms with Crippen LogP contribution in [0.15, 0.2) is 111 Å². The summed E-state index contributed by atoms with van der Waals surface area (Å²) in [5, 5.41) is 17.7. The average Bonchev–Trinajstić information content (AvgIpc) is 3.67. The standard InChI is InChI=1S/C36H27NO2S/c1-3-26-27(4-2)35(24-13-15-25(16-14-24)36-37-17-18-39-36)31-20-33-29(28-7-5-6-8-32(28)40-33)19-30(31)34(26)23-11-9-22(21-38)10-12-23/h3-20,36-38H,1-2,21H2. The van der Waals surface area contributed by atoms with Gasteiger partial charge in [0, 0.05) is 31.9 Å². The van der Waals surface area contributed by atoms with Crippen LogP contribution in [0.1, 0.15) is 28.5 Å². The molecule has 5 aromatic carbocycles. The van der Waals surface area contributed by atoms with Crippen LogP contribution in [0.3, 0.4) is 0 Å². The van der Waals surface area contributed by atoms with E-state index in [-0.39, 0.29) is 12.8 Å². The fourth-order valence-corrected chi connectivity index (χ4v) is 6.98. The molecule has 1 aliphatic rings. The zero-order valence-corrected chi connectivity index (χ0v) is 22.7. The lowest BCUT2D eigenvalue weighted by atomic mass is 9.83. The Hall–Kier alpha value is -4.64. The van der Waals surface area contributed by atoms with Gasteiger partial charge in [0.2, 0.25) is 0 Å². The first kappa shape index (κ1) is 24.4. The van der Waals surface area contributed by atoms with Crippen molar-refractivity contribution in [3.8, 4) is 22.3 Å². The molecule has 0 fully saturated rings. The molecule has 194 valence electrons. The number of ether oxygens (including phenoxy) is 1. The first-order valence-corrected chi connectivity index (χ1v) is 14.1. The van der Waals surface area contributed by atoms with Gasteiger partial charge in [-0.2, -0.15) is 0 Å². The van der Waals surface area contributed by atoms with Gasteiger partial charge in [-0.3, -0.25) is 0 Å². The van der Waals surface area contributed by atoms with E-state index in [0.29, 0.717) is 0 Å². The van der Waals surface area contributed by atoms with Crippen molar-refractivity contribution >= 4 is 54.4 Å². The van der Waals surface area contributed by atoms with Crippen LogP contribution in [-0.2, 0) is 11.3 Å². The van der Waals surface area contributed by atoms with Crippen LogP contribution in [0.5, 0.6) is 0 Å². The van der Waals surface area contributed by atoms with Crippen molar-refractivity contribution in [2.45, 2.75) is 12.8 Å². The van der Waals surface area contributed by atoms with Gasteiger partial charge < -0.3 is 15.2 Å². The van der Waals surface area contributed by atoms with Crippen molar-refractivity contribution in [3.05, 3.63) is 133 Å². The molecule has 4 heteroatoms. The normalized spacial score (nSPS) is 14.5. The highest BCUT2D eigenvalue weighted by atomic mass is 32.1. The number of benzene rings is 5. The van der Waals surface area contributed by atoms with Crippen LogP contribution >= 0.6 is 11.3 Å². The summed E-state index contributed by atoms with van der Waals surface area (Å²) in [7, 11) is 0. The van der Waals surface area contributed by atoms with Gasteiger partial charge in [0.05, 0.1) is 6.61 Å². The van der Waals surface area contributed by atoms with Crippen LogP contribution in [0, 0.1) is 0 Å². The molecule has 0 amide bonds. The third-order valence-electron chi connectivity index (χ3n) is 7.75. The van der Waals surface area contributed by atoms with E-state index >= 15 is 0 Å². The van der Waals surface area contributed by atoms with Crippen LogP contribution < -0.4 is 5.32 Å². The Labute approximate surface area is 237 Å². The number of fused-ring (bicyclic) bond motifs is 4. The van der Waals surface area contributed by atoms with Gasteiger partial charge >= 0.3 is 0 Å². The summed E-state index contributed by atoms with van der Waals surface area (Å²) in [6.45, 7) is 8.52. The molecule has 40 heavy (non-hydrogen) atoms. The molecule has 1 aliphatic heterocycles. The molecule has 2 N–H and O–H groups in total. The van der Waals surface area contributed by atoms with E-state index in [4.69, 9.17) is 4.74 Å². The smallest absolute Gasteiger partial charge is 0.195 e. The molecule has 0 saturated heterocycles. The highest BCUT2D eigenvalue weighted by Gasteiger charge is 2.21. The maximum Gasteiger partial charge on any atom is 0.195 e. The molecule has 0 aliphatic carbocycles. The van der Waals surface area contributed by atoms with Crippen molar-refractivity contribution in [3.63, 3.8) is 0 Å². The van der Waals surface area contributed by atoms with Gasteiger partial charge in [0.25, 0.3) is 0 Å². The predicted octanol–water partition coefficient (Wildman–Crippen LogP) is 9.41. The second kappa shape index (κ2) is 9.83. The molecule has 1 unspecified atom stereocenters. The minimum absolute atomic E-state index is 0.0151. The summed E-state index contributed by atoms with van der Waals surface area (Å²) < 4.78 is 8.19. The number of nitrogens with one attached hydrogen (secondary N) is 1. The topological polar surface area (TPSA) is 41.5 Å². The lowest BCUT2D eigenvalue weighted by molar-refractivity contribution is 0.155. The maximum atomic E-state index is 9.66. The van der Waals surface area contributed by atoms with Crippen molar-refractivity contribution in [2.24, 2.45) is 0 Å². The minimum atomic E-state index is -0.171. The Morgan fingerprint density at radius 2 is 1.40 bits per heavy atom. The zero-order chi connectivity index (χ0) is 27.2. The van der Waals surface area contributed by atoms with E-state index in [1.54, 1.807) is 6.26 Å².